The summed E-state index contributed by atoms with van der Waals surface area (Å²) in [5.41, 5.74) is 3.90. The molecule has 1 amide bonds. The van der Waals surface area contributed by atoms with Crippen LogP contribution in [-0.2, 0) is 0 Å². The second-order valence-corrected chi connectivity index (χ2v) is 6.10. The van der Waals surface area contributed by atoms with Gasteiger partial charge in [-0.25, -0.2) is 4.98 Å². The fraction of sp³-hybridized carbons (Fsp3) is 0.143. The molecule has 0 aliphatic carbocycles. The van der Waals surface area contributed by atoms with E-state index >= 15 is 0 Å². The SMILES string of the molecule is CCOc1ccc(NC(=O)c2cc3c([nH]c4ccccc43)c(C)n2)cc1. The lowest BCUT2D eigenvalue weighted by Gasteiger charge is -2.08. The number of benzene rings is 2. The summed E-state index contributed by atoms with van der Waals surface area (Å²) in [5, 5.41) is 4.98. The fourth-order valence-electron chi connectivity index (χ4n) is 3.12. The summed E-state index contributed by atoms with van der Waals surface area (Å²) < 4.78 is 5.42. The number of ether oxygens (including phenoxy) is 1. The zero-order valence-corrected chi connectivity index (χ0v) is 14.7. The molecule has 0 aliphatic rings. The number of carbonyl (C=O) groups is 1. The van der Waals surface area contributed by atoms with Crippen LogP contribution in [0.4, 0.5) is 5.69 Å². The Morgan fingerprint density at radius 2 is 1.88 bits per heavy atom. The quantitative estimate of drug-likeness (QED) is 0.564. The number of aromatic nitrogens is 2. The molecule has 2 aromatic carbocycles. The molecule has 0 radical (unpaired) electrons. The van der Waals surface area contributed by atoms with Gasteiger partial charge in [0.25, 0.3) is 5.91 Å². The highest BCUT2D eigenvalue weighted by atomic mass is 16.5. The molecular formula is C21H19N3O2. The molecule has 26 heavy (non-hydrogen) atoms. The molecule has 0 saturated heterocycles. The third-order valence-corrected chi connectivity index (χ3v) is 4.33. The number of H-pyrrole nitrogens is 1. The van der Waals surface area contributed by atoms with Gasteiger partial charge in [0, 0.05) is 22.0 Å². The lowest BCUT2D eigenvalue weighted by molar-refractivity contribution is 0.102. The number of pyridine rings is 1. The highest BCUT2D eigenvalue weighted by molar-refractivity contribution is 6.11. The van der Waals surface area contributed by atoms with Crippen molar-refractivity contribution >= 4 is 33.4 Å². The Labute approximate surface area is 151 Å². The monoisotopic (exact) mass is 345 g/mol. The van der Waals surface area contributed by atoms with Gasteiger partial charge < -0.3 is 15.0 Å². The molecule has 0 saturated carbocycles. The standard InChI is InChI=1S/C21H19N3O2/c1-3-26-15-10-8-14(9-11-15)23-21(25)19-12-17-16-6-4-5-7-18(16)24-20(17)13(2)22-19/h4-12,24H,3H2,1-2H3,(H,23,25). The van der Waals surface area contributed by atoms with E-state index in [2.05, 4.69) is 15.3 Å². The summed E-state index contributed by atoms with van der Waals surface area (Å²) in [7, 11) is 0. The van der Waals surface area contributed by atoms with E-state index in [9.17, 15) is 4.79 Å². The van der Waals surface area contributed by atoms with Gasteiger partial charge in [0.1, 0.15) is 11.4 Å². The van der Waals surface area contributed by atoms with Crippen LogP contribution in [0.25, 0.3) is 21.8 Å². The van der Waals surface area contributed by atoms with Gasteiger partial charge in [-0.05, 0) is 50.2 Å². The predicted molar refractivity (Wildman–Crippen MR) is 104 cm³/mol. The van der Waals surface area contributed by atoms with Gasteiger partial charge in [-0.2, -0.15) is 0 Å². The van der Waals surface area contributed by atoms with Gasteiger partial charge in [0.15, 0.2) is 0 Å². The molecule has 5 nitrogen and oxygen atoms in total. The topological polar surface area (TPSA) is 67.0 Å². The number of rotatable bonds is 4. The number of hydrogen-bond acceptors (Lipinski definition) is 3. The van der Waals surface area contributed by atoms with Crippen LogP contribution in [0, 0.1) is 6.92 Å². The first-order valence-corrected chi connectivity index (χ1v) is 8.58. The van der Waals surface area contributed by atoms with E-state index in [1.165, 1.54) is 0 Å². The number of aromatic amines is 1. The Balaban J connectivity index is 1.67. The van der Waals surface area contributed by atoms with E-state index in [1.54, 1.807) is 0 Å². The van der Waals surface area contributed by atoms with E-state index in [4.69, 9.17) is 4.74 Å². The molecule has 4 aromatic rings. The molecule has 0 fully saturated rings. The van der Waals surface area contributed by atoms with Crippen LogP contribution in [0.2, 0.25) is 0 Å². The maximum absolute atomic E-state index is 12.7. The molecule has 2 N–H and O–H groups in total. The summed E-state index contributed by atoms with van der Waals surface area (Å²) in [4.78, 5) is 20.5. The zero-order chi connectivity index (χ0) is 18.1. The van der Waals surface area contributed by atoms with Crippen LogP contribution in [0.1, 0.15) is 23.1 Å². The van der Waals surface area contributed by atoms with Gasteiger partial charge in [0.2, 0.25) is 0 Å². The van der Waals surface area contributed by atoms with Crippen molar-refractivity contribution in [3.63, 3.8) is 0 Å². The third kappa shape index (κ3) is 2.88. The normalized spacial score (nSPS) is 11.0. The molecule has 130 valence electrons. The van der Waals surface area contributed by atoms with Crippen LogP contribution in [0.15, 0.2) is 54.6 Å². The second kappa shape index (κ2) is 6.52. The lowest BCUT2D eigenvalue weighted by Crippen LogP contribution is -2.14. The third-order valence-electron chi connectivity index (χ3n) is 4.33. The summed E-state index contributed by atoms with van der Waals surface area (Å²) in [5.74, 6) is 0.545. The van der Waals surface area contributed by atoms with E-state index < -0.39 is 0 Å². The number of aryl methyl sites for hydroxylation is 1. The van der Waals surface area contributed by atoms with Gasteiger partial charge in [-0.3, -0.25) is 4.79 Å². The lowest BCUT2D eigenvalue weighted by atomic mass is 10.1. The maximum atomic E-state index is 12.7. The van der Waals surface area contributed by atoms with Crippen molar-refractivity contribution in [1.82, 2.24) is 9.97 Å². The van der Waals surface area contributed by atoms with Crippen LogP contribution in [0.5, 0.6) is 5.75 Å². The number of nitrogens with zero attached hydrogens (tertiary/aromatic N) is 1. The van der Waals surface area contributed by atoms with Crippen molar-refractivity contribution in [3.05, 3.63) is 66.0 Å². The van der Waals surface area contributed by atoms with E-state index in [0.29, 0.717) is 18.0 Å². The van der Waals surface area contributed by atoms with E-state index in [0.717, 1.165) is 33.2 Å². The average Bonchev–Trinajstić information content (AvgIpc) is 3.03. The first kappa shape index (κ1) is 16.1. The Morgan fingerprint density at radius 3 is 2.65 bits per heavy atom. The van der Waals surface area contributed by atoms with Crippen LogP contribution in [-0.4, -0.2) is 22.5 Å². The maximum Gasteiger partial charge on any atom is 0.274 e. The van der Waals surface area contributed by atoms with Crippen molar-refractivity contribution in [2.24, 2.45) is 0 Å². The predicted octanol–water partition coefficient (Wildman–Crippen LogP) is 4.68. The molecule has 2 heterocycles. The molecular weight excluding hydrogens is 326 g/mol. The summed E-state index contributed by atoms with van der Waals surface area (Å²) in [6.07, 6.45) is 0. The van der Waals surface area contributed by atoms with Crippen molar-refractivity contribution in [3.8, 4) is 5.75 Å². The largest absolute Gasteiger partial charge is 0.494 e. The van der Waals surface area contributed by atoms with Gasteiger partial charge >= 0.3 is 0 Å². The second-order valence-electron chi connectivity index (χ2n) is 6.10. The molecule has 2 aromatic heterocycles. The number of carbonyl (C=O) groups excluding carboxylic acids is 1. The van der Waals surface area contributed by atoms with Gasteiger partial charge in [-0.1, -0.05) is 18.2 Å². The number of para-hydroxylation sites is 1. The number of nitrogens with one attached hydrogen (secondary N) is 2. The molecule has 0 unspecified atom stereocenters. The van der Waals surface area contributed by atoms with Crippen molar-refractivity contribution in [1.29, 1.82) is 0 Å². The molecule has 5 heteroatoms. The minimum Gasteiger partial charge on any atom is -0.494 e. The summed E-state index contributed by atoms with van der Waals surface area (Å²) >= 11 is 0. The first-order chi connectivity index (χ1) is 12.7. The minimum atomic E-state index is -0.232. The molecule has 0 bridgehead atoms. The molecule has 4 rings (SSSR count). The van der Waals surface area contributed by atoms with Crippen LogP contribution < -0.4 is 10.1 Å². The Hall–Kier alpha value is -3.34. The van der Waals surface area contributed by atoms with Gasteiger partial charge in [-0.15, -0.1) is 0 Å². The summed E-state index contributed by atoms with van der Waals surface area (Å²) in [6, 6.07) is 17.2. The van der Waals surface area contributed by atoms with E-state index in [1.807, 2.05) is 68.4 Å². The smallest absolute Gasteiger partial charge is 0.274 e. The Morgan fingerprint density at radius 1 is 1.12 bits per heavy atom. The number of anilines is 1. The average molecular weight is 345 g/mol. The number of hydrogen-bond donors (Lipinski definition) is 2. The zero-order valence-electron chi connectivity index (χ0n) is 14.7. The van der Waals surface area contributed by atoms with Crippen molar-refractivity contribution in [2.45, 2.75) is 13.8 Å². The summed E-state index contributed by atoms with van der Waals surface area (Å²) in [6.45, 7) is 4.45. The Kier molecular flexibility index (Phi) is 4.05. The number of fused-ring (bicyclic) bond motifs is 3. The highest BCUT2D eigenvalue weighted by Crippen LogP contribution is 2.27. The van der Waals surface area contributed by atoms with Crippen molar-refractivity contribution < 1.29 is 9.53 Å². The molecule has 0 atom stereocenters. The van der Waals surface area contributed by atoms with Gasteiger partial charge in [0.05, 0.1) is 17.8 Å². The van der Waals surface area contributed by atoms with Crippen LogP contribution in [0.3, 0.4) is 0 Å². The highest BCUT2D eigenvalue weighted by Gasteiger charge is 2.14. The van der Waals surface area contributed by atoms with Crippen LogP contribution >= 0.6 is 0 Å². The molecule has 0 spiro atoms. The molecule has 0 aliphatic heterocycles. The number of amides is 1. The van der Waals surface area contributed by atoms with E-state index in [-0.39, 0.29) is 5.91 Å². The fourth-order valence-corrected chi connectivity index (χ4v) is 3.12. The minimum absolute atomic E-state index is 0.232. The Bertz CT molecular complexity index is 1100. The first-order valence-electron chi connectivity index (χ1n) is 8.58. The van der Waals surface area contributed by atoms with Crippen molar-refractivity contribution in [2.75, 3.05) is 11.9 Å².